The van der Waals surface area contributed by atoms with E-state index in [0.29, 0.717) is 96.7 Å². The number of aryl methyl sites for hydroxylation is 2. The molecular weight excluding hydrogens is 971 g/mol. The molecule has 0 bridgehead atoms. The van der Waals surface area contributed by atoms with Crippen molar-refractivity contribution in [2.75, 3.05) is 17.7 Å². The summed E-state index contributed by atoms with van der Waals surface area (Å²) in [5.74, 6) is 2.93. The van der Waals surface area contributed by atoms with E-state index in [0.717, 1.165) is 0 Å². The van der Waals surface area contributed by atoms with Gasteiger partial charge in [-0.15, -0.1) is 0 Å². The minimum atomic E-state index is -3.01. The van der Waals surface area contributed by atoms with Crippen molar-refractivity contribution >= 4 is 44.8 Å². The Morgan fingerprint density at radius 2 is 1.09 bits per heavy atom. The van der Waals surface area contributed by atoms with Crippen molar-refractivity contribution in [2.45, 2.75) is 46.4 Å². The van der Waals surface area contributed by atoms with Crippen molar-refractivity contribution in [3.8, 4) is 45.4 Å². The van der Waals surface area contributed by atoms with Gasteiger partial charge in [-0.1, -0.05) is 66.7 Å². The van der Waals surface area contributed by atoms with Gasteiger partial charge in [0, 0.05) is 35.8 Å². The number of aromatic nitrogens is 10. The molecule has 0 fully saturated rings. The molecule has 0 aliphatic heterocycles. The summed E-state index contributed by atoms with van der Waals surface area (Å²) in [6.45, 7) is 19.1. The first-order valence-corrected chi connectivity index (χ1v) is 23.4. The number of para-hydroxylation sites is 2. The number of ether oxygens (including phenoxy) is 2. The monoisotopic (exact) mass is 1010 g/mol. The maximum absolute atomic E-state index is 14.2. The van der Waals surface area contributed by atoms with Crippen LogP contribution in [0.4, 0.5) is 31.8 Å². The molecule has 10 rings (SSSR count). The van der Waals surface area contributed by atoms with Gasteiger partial charge in [0.2, 0.25) is 17.3 Å². The van der Waals surface area contributed by atoms with Crippen LogP contribution in [0.15, 0.2) is 156 Å². The first kappa shape index (κ1) is 50.6. The smallest absolute Gasteiger partial charge is 0.387 e. The van der Waals surface area contributed by atoms with Gasteiger partial charge in [-0.2, -0.15) is 8.78 Å². The van der Waals surface area contributed by atoms with E-state index < -0.39 is 18.7 Å². The Labute approximate surface area is 433 Å². The van der Waals surface area contributed by atoms with Gasteiger partial charge in [0.25, 0.3) is 11.1 Å². The lowest BCUT2D eigenvalue weighted by Gasteiger charge is -2.21. The summed E-state index contributed by atoms with van der Waals surface area (Å²) in [5.41, 5.74) is 4.28. The maximum Gasteiger partial charge on any atom is 0.387 e. The summed E-state index contributed by atoms with van der Waals surface area (Å²) in [4.78, 5) is 70.7. The Bertz CT molecular complexity index is 4000. The minimum absolute atomic E-state index is 0.124. The SMILES string of the molecule is [C-]#[N+]c1cnc(C)nc1N[C@@H](C)c1nc2cccc(-c3cccc(OC)n3)c2c(=O)n1-c1ccccc1.[C-]#[N+]c1cnc(C)nc1N[C@@H](C)c1nc2cccc(-c3cncc(OC(F)F)c3)c2c(=O)n1-c1ccccc1. The first-order chi connectivity index (χ1) is 36.8. The van der Waals surface area contributed by atoms with E-state index in [1.54, 1.807) is 74.1 Å². The largest absolute Gasteiger partial charge is 0.481 e. The van der Waals surface area contributed by atoms with Crippen molar-refractivity contribution < 1.29 is 18.3 Å². The number of nitrogens with one attached hydrogen (secondary N) is 2. The lowest BCUT2D eigenvalue weighted by Crippen LogP contribution is -2.27. The van der Waals surface area contributed by atoms with Crippen LogP contribution in [0.2, 0.25) is 0 Å². The van der Waals surface area contributed by atoms with Crippen molar-refractivity contribution in [2.24, 2.45) is 0 Å². The lowest BCUT2D eigenvalue weighted by molar-refractivity contribution is -0.0500. The van der Waals surface area contributed by atoms with Crippen LogP contribution in [0.1, 0.15) is 49.2 Å². The van der Waals surface area contributed by atoms with Crippen LogP contribution in [-0.2, 0) is 0 Å². The van der Waals surface area contributed by atoms with Crippen molar-refractivity contribution in [1.29, 1.82) is 0 Å². The van der Waals surface area contributed by atoms with Gasteiger partial charge in [0.15, 0.2) is 0 Å². The second-order valence-electron chi connectivity index (χ2n) is 16.9. The fourth-order valence-electron chi connectivity index (χ4n) is 8.44. The Morgan fingerprint density at radius 3 is 1.59 bits per heavy atom. The van der Waals surface area contributed by atoms with Gasteiger partial charge in [0.05, 0.1) is 77.4 Å². The number of benzene rings is 4. The molecule has 0 aliphatic rings. The van der Waals surface area contributed by atoms with E-state index in [1.807, 2.05) is 80.6 Å². The Kier molecular flexibility index (Phi) is 14.8. The highest BCUT2D eigenvalue weighted by atomic mass is 19.3. The van der Waals surface area contributed by atoms with Crippen molar-refractivity contribution in [3.05, 3.63) is 213 Å². The highest BCUT2D eigenvalue weighted by Crippen LogP contribution is 2.33. The van der Waals surface area contributed by atoms with Crippen LogP contribution < -0.4 is 31.2 Å². The number of pyridine rings is 2. The highest BCUT2D eigenvalue weighted by Gasteiger charge is 2.24. The van der Waals surface area contributed by atoms with Crippen LogP contribution in [0.5, 0.6) is 11.6 Å². The normalized spacial score (nSPS) is 11.7. The molecule has 0 unspecified atom stereocenters. The van der Waals surface area contributed by atoms with Gasteiger partial charge in [-0.3, -0.25) is 33.7 Å². The van der Waals surface area contributed by atoms with Crippen LogP contribution in [-0.4, -0.2) is 62.7 Å². The molecule has 6 aromatic heterocycles. The predicted molar refractivity (Wildman–Crippen MR) is 284 cm³/mol. The van der Waals surface area contributed by atoms with Gasteiger partial charge in [0.1, 0.15) is 40.7 Å². The van der Waals surface area contributed by atoms with Crippen LogP contribution in [0.3, 0.4) is 0 Å². The first-order valence-electron chi connectivity index (χ1n) is 23.4. The molecule has 76 heavy (non-hydrogen) atoms. The number of halogens is 2. The molecule has 0 saturated carbocycles. The van der Waals surface area contributed by atoms with Crippen molar-refractivity contribution in [1.82, 2.24) is 49.0 Å². The number of methoxy groups -OCH3 is 1. The zero-order chi connectivity index (χ0) is 53.5. The number of anilines is 2. The summed E-state index contributed by atoms with van der Waals surface area (Å²) < 4.78 is 38.5. The van der Waals surface area contributed by atoms with Crippen LogP contribution in [0, 0.1) is 27.0 Å². The number of alkyl halides is 2. The van der Waals surface area contributed by atoms with Crippen molar-refractivity contribution in [3.63, 3.8) is 0 Å². The van der Waals surface area contributed by atoms with Gasteiger partial charge < -0.3 is 20.1 Å². The zero-order valence-electron chi connectivity index (χ0n) is 41.3. The summed E-state index contributed by atoms with van der Waals surface area (Å²) in [7, 11) is 1.55. The fraction of sp³-hybridized carbons (Fsp3) is 0.143. The molecule has 18 nitrogen and oxygen atoms in total. The summed E-state index contributed by atoms with van der Waals surface area (Å²) in [6, 6.07) is 34.8. The fourth-order valence-corrected chi connectivity index (χ4v) is 8.44. The Morgan fingerprint density at radius 1 is 0.592 bits per heavy atom. The topological polar surface area (TPSA) is 198 Å². The van der Waals surface area contributed by atoms with Gasteiger partial charge in [-0.05, 0) is 81.8 Å². The van der Waals surface area contributed by atoms with E-state index >= 15 is 0 Å². The molecule has 4 aromatic carbocycles. The number of fused-ring (bicyclic) bond motifs is 2. The third-order valence-corrected chi connectivity index (χ3v) is 11.8. The number of rotatable bonds is 13. The van der Waals surface area contributed by atoms with Gasteiger partial charge in [-0.25, -0.2) is 34.6 Å². The molecule has 0 saturated heterocycles. The van der Waals surface area contributed by atoms with E-state index in [2.05, 4.69) is 55.0 Å². The second-order valence-corrected chi connectivity index (χ2v) is 16.9. The molecule has 2 atom stereocenters. The van der Waals surface area contributed by atoms with Crippen LogP contribution >= 0.6 is 0 Å². The third kappa shape index (κ3) is 10.6. The number of nitrogens with zero attached hydrogens (tertiary/aromatic N) is 12. The van der Waals surface area contributed by atoms with E-state index in [1.165, 1.54) is 35.4 Å². The summed E-state index contributed by atoms with van der Waals surface area (Å²) in [6.07, 6.45) is 5.57. The van der Waals surface area contributed by atoms with E-state index in [4.69, 9.17) is 27.8 Å². The molecule has 6 heterocycles. The second kappa shape index (κ2) is 22.2. The van der Waals surface area contributed by atoms with Gasteiger partial charge >= 0.3 is 6.61 Å². The average Bonchev–Trinajstić information content (AvgIpc) is 3.46. The quantitative estimate of drug-likeness (QED) is 0.103. The van der Waals surface area contributed by atoms with E-state index in [-0.39, 0.29) is 27.9 Å². The molecule has 0 spiro atoms. The number of hydrogen-bond donors (Lipinski definition) is 2. The minimum Gasteiger partial charge on any atom is -0.481 e. The maximum atomic E-state index is 14.2. The standard InChI is InChI=1S/C28H21F2N7O2.C28H23N7O2/c1-16(34-25-23(31-3)15-33-17(2)35-25)26-36-22-11-7-10-21(18-12-20(14-32-13-18)39-28(29)30)24(22)27(38)37(26)19-8-5-4-6-9-19;1-17(31-26-23(29-3)16-30-18(2)32-26)27-34-22-14-8-12-20(21-13-9-15-24(33-21)37-4)25(22)28(36)35(27)19-10-6-5-7-11-19/h4-16,28H,1-2H3,(H,33,34,35);5-17H,1-2,4H3,(H,30,31,32)/t16-;17-/m00/s1. The van der Waals surface area contributed by atoms with Crippen LogP contribution in [0.25, 0.3) is 65.3 Å². The zero-order valence-corrected chi connectivity index (χ0v) is 41.3. The molecule has 376 valence electrons. The summed E-state index contributed by atoms with van der Waals surface area (Å²) >= 11 is 0. The highest BCUT2D eigenvalue weighted by molar-refractivity contribution is 5.95. The average molecular weight is 1020 g/mol. The molecule has 0 aliphatic carbocycles. The molecular formula is C56H44F2N14O4. The third-order valence-electron chi connectivity index (χ3n) is 11.8. The Hall–Kier alpha value is -10.3. The lowest BCUT2D eigenvalue weighted by atomic mass is 10.0. The molecule has 20 heteroatoms. The molecule has 0 amide bonds. The molecule has 10 aromatic rings. The Balaban J connectivity index is 0.000000186. The number of hydrogen-bond acceptors (Lipinski definition) is 14. The van der Waals surface area contributed by atoms with E-state index in [9.17, 15) is 18.4 Å². The molecule has 2 N–H and O–H groups in total. The predicted octanol–water partition coefficient (Wildman–Crippen LogP) is 11.2. The summed E-state index contributed by atoms with van der Waals surface area (Å²) in [5, 5.41) is 7.21. The molecule has 0 radical (unpaired) electrons.